The molecule has 3 N–H and O–H groups in total. The maximum absolute atomic E-state index is 13.0. The molecule has 0 radical (unpaired) electrons. The topological polar surface area (TPSA) is 95.7 Å². The van der Waals surface area contributed by atoms with Crippen LogP contribution in [0.5, 0.6) is 11.5 Å². The van der Waals surface area contributed by atoms with Crippen molar-refractivity contribution in [2.45, 2.75) is 31.3 Å². The number of carbonyl (C=O) groups excluding carboxylic acids is 1. The molecule has 1 fully saturated rings. The molecule has 128 valence electrons. The summed E-state index contributed by atoms with van der Waals surface area (Å²) >= 11 is 1.15. The quantitative estimate of drug-likeness (QED) is 0.873. The summed E-state index contributed by atoms with van der Waals surface area (Å²) in [4.78, 5) is 16.4. The van der Waals surface area contributed by atoms with Gasteiger partial charge in [-0.15, -0.1) is 8.78 Å². The summed E-state index contributed by atoms with van der Waals surface area (Å²) in [6.07, 6.45) is -2.98. The third-order valence-electron chi connectivity index (χ3n) is 3.80. The van der Waals surface area contributed by atoms with E-state index in [4.69, 9.17) is 10.5 Å². The highest BCUT2D eigenvalue weighted by molar-refractivity contribution is 7.22. The molecule has 1 amide bonds. The van der Waals surface area contributed by atoms with E-state index in [0.29, 0.717) is 28.3 Å². The zero-order chi connectivity index (χ0) is 16.9. The monoisotopic (exact) mass is 357 g/mol. The maximum atomic E-state index is 13.0. The number of aromatic nitrogens is 1. The van der Waals surface area contributed by atoms with Crippen molar-refractivity contribution in [1.29, 1.82) is 0 Å². The lowest BCUT2D eigenvalue weighted by Gasteiger charge is -2.11. The molecule has 0 spiro atoms. The van der Waals surface area contributed by atoms with E-state index in [-0.39, 0.29) is 23.5 Å². The van der Waals surface area contributed by atoms with Crippen molar-refractivity contribution in [1.82, 2.24) is 4.98 Å². The average molecular weight is 357 g/mol. The Balaban J connectivity index is 1.51. The fraction of sp³-hybridized carbons (Fsp3) is 0.429. The first-order valence-electron chi connectivity index (χ1n) is 7.30. The molecule has 1 aromatic heterocycles. The maximum Gasteiger partial charge on any atom is 0.586 e. The normalized spacial score (nSPS) is 24.5. The van der Waals surface area contributed by atoms with E-state index in [9.17, 15) is 13.6 Å². The Bertz CT molecular complexity index is 768. The van der Waals surface area contributed by atoms with Gasteiger partial charge in [0.2, 0.25) is 0 Å². The molecule has 24 heavy (non-hydrogen) atoms. The van der Waals surface area contributed by atoms with E-state index < -0.39 is 12.4 Å². The molecule has 4 rings (SSSR count). The lowest BCUT2D eigenvalue weighted by atomic mass is 10.2. The van der Waals surface area contributed by atoms with Gasteiger partial charge in [-0.1, -0.05) is 11.3 Å². The zero-order valence-electron chi connectivity index (χ0n) is 12.3. The van der Waals surface area contributed by atoms with Crippen molar-refractivity contribution in [3.05, 3.63) is 12.1 Å². The second-order valence-corrected chi connectivity index (χ2v) is 6.53. The van der Waals surface area contributed by atoms with Crippen molar-refractivity contribution >= 4 is 32.6 Å². The van der Waals surface area contributed by atoms with Gasteiger partial charge in [-0.25, -0.2) is 4.98 Å². The molecule has 0 unspecified atom stereocenters. The van der Waals surface area contributed by atoms with Crippen molar-refractivity contribution in [2.75, 3.05) is 11.9 Å². The number of anilines is 1. The van der Waals surface area contributed by atoms with Crippen molar-refractivity contribution in [3.63, 3.8) is 0 Å². The first-order chi connectivity index (χ1) is 11.4. The van der Waals surface area contributed by atoms with E-state index in [1.54, 1.807) is 0 Å². The Morgan fingerprint density at radius 1 is 1.38 bits per heavy atom. The van der Waals surface area contributed by atoms with Gasteiger partial charge < -0.3 is 19.9 Å². The van der Waals surface area contributed by atoms with Gasteiger partial charge in [0.15, 0.2) is 16.6 Å². The van der Waals surface area contributed by atoms with Crippen LogP contribution < -0.4 is 20.5 Å². The zero-order valence-corrected chi connectivity index (χ0v) is 13.1. The minimum absolute atomic E-state index is 0.0565. The molecule has 2 aliphatic rings. The fourth-order valence-corrected chi connectivity index (χ4v) is 3.56. The van der Waals surface area contributed by atoms with Gasteiger partial charge >= 0.3 is 6.29 Å². The number of rotatable bonds is 3. The number of amides is 1. The number of fused-ring (bicyclic) bond motifs is 2. The molecule has 7 nitrogen and oxygen atoms in total. The first-order valence-corrected chi connectivity index (χ1v) is 8.12. The van der Waals surface area contributed by atoms with Crippen LogP contribution in [0.4, 0.5) is 13.9 Å². The molecule has 2 aromatic rings. The Kier molecular flexibility index (Phi) is 3.55. The third-order valence-corrected chi connectivity index (χ3v) is 4.74. The summed E-state index contributed by atoms with van der Waals surface area (Å²) in [6, 6.07) is 2.77. The number of benzene rings is 1. The third kappa shape index (κ3) is 2.76. The lowest BCUT2D eigenvalue weighted by Crippen LogP contribution is -2.29. The molecule has 2 atom stereocenters. The molecular formula is C14H13F2N3O4S. The Labute approximate surface area is 138 Å². The van der Waals surface area contributed by atoms with Gasteiger partial charge in [0.25, 0.3) is 5.91 Å². The highest BCUT2D eigenvalue weighted by Gasteiger charge is 2.43. The molecule has 1 aromatic carbocycles. The van der Waals surface area contributed by atoms with Gasteiger partial charge in [0.1, 0.15) is 6.10 Å². The van der Waals surface area contributed by atoms with Crippen LogP contribution in [0.2, 0.25) is 0 Å². The number of carbonyl (C=O) groups is 1. The largest absolute Gasteiger partial charge is 0.586 e. The number of ether oxygens (including phenoxy) is 3. The summed E-state index contributed by atoms with van der Waals surface area (Å²) in [6.45, 7) is 0.376. The summed E-state index contributed by atoms with van der Waals surface area (Å²) in [5.41, 5.74) is 5.95. The molecule has 1 saturated heterocycles. The van der Waals surface area contributed by atoms with Crippen LogP contribution in [0.1, 0.15) is 12.8 Å². The van der Waals surface area contributed by atoms with E-state index in [0.717, 1.165) is 17.8 Å². The number of thiazole rings is 1. The molecule has 0 saturated carbocycles. The predicted molar refractivity (Wildman–Crippen MR) is 81.4 cm³/mol. The van der Waals surface area contributed by atoms with Crippen LogP contribution in [-0.4, -0.2) is 35.9 Å². The number of nitrogens with two attached hydrogens (primary N) is 1. The molecule has 0 aliphatic carbocycles. The molecular weight excluding hydrogens is 344 g/mol. The molecule has 10 heteroatoms. The van der Waals surface area contributed by atoms with Gasteiger partial charge in [-0.05, 0) is 12.8 Å². The van der Waals surface area contributed by atoms with Gasteiger partial charge in [-0.2, -0.15) is 0 Å². The Hall–Kier alpha value is -2.04. The van der Waals surface area contributed by atoms with E-state index in [1.165, 1.54) is 12.1 Å². The van der Waals surface area contributed by atoms with Crippen LogP contribution in [0, 0.1) is 0 Å². The van der Waals surface area contributed by atoms with Gasteiger partial charge in [0.05, 0.1) is 16.3 Å². The molecule has 2 aliphatic heterocycles. The smallest absolute Gasteiger partial charge is 0.395 e. The number of nitrogens with zero attached hydrogens (tertiary/aromatic N) is 1. The van der Waals surface area contributed by atoms with E-state index in [2.05, 4.69) is 19.8 Å². The van der Waals surface area contributed by atoms with Crippen LogP contribution >= 0.6 is 11.3 Å². The van der Waals surface area contributed by atoms with Gasteiger partial charge in [0, 0.05) is 18.7 Å². The lowest BCUT2D eigenvalue weighted by molar-refractivity contribution is -0.286. The number of nitrogens with one attached hydrogen (secondary N) is 1. The van der Waals surface area contributed by atoms with E-state index >= 15 is 0 Å². The van der Waals surface area contributed by atoms with Crippen LogP contribution in [-0.2, 0) is 9.53 Å². The molecule has 0 bridgehead atoms. The minimum atomic E-state index is -3.66. The highest BCUT2D eigenvalue weighted by Crippen LogP contribution is 2.44. The number of alkyl halides is 2. The van der Waals surface area contributed by atoms with Gasteiger partial charge in [-0.3, -0.25) is 10.1 Å². The highest BCUT2D eigenvalue weighted by atomic mass is 32.1. The van der Waals surface area contributed by atoms with E-state index in [1.807, 2.05) is 0 Å². The number of hydrogen-bond acceptors (Lipinski definition) is 7. The Morgan fingerprint density at radius 2 is 2.12 bits per heavy atom. The van der Waals surface area contributed by atoms with Crippen molar-refractivity contribution in [2.24, 2.45) is 5.73 Å². The predicted octanol–water partition coefficient (Wildman–Crippen LogP) is 2.06. The standard InChI is InChI=1S/C14H13F2N3O4S/c15-14(16)22-9-3-7-11(4-10(9)23-14)24-13(18-7)19-12(20)8-2-1-6(5-17)21-8/h3-4,6,8H,1-2,5,17H2,(H,18,19,20)/t6-,8+/m1/s1. The molecule has 3 heterocycles. The summed E-state index contributed by atoms with van der Waals surface area (Å²) in [5.74, 6) is -0.434. The summed E-state index contributed by atoms with van der Waals surface area (Å²) < 4.78 is 41.0. The van der Waals surface area contributed by atoms with Crippen molar-refractivity contribution < 1.29 is 27.8 Å². The Morgan fingerprint density at radius 3 is 2.83 bits per heavy atom. The second-order valence-electron chi connectivity index (χ2n) is 5.50. The number of hydrogen-bond donors (Lipinski definition) is 2. The summed E-state index contributed by atoms with van der Waals surface area (Å²) in [5, 5.41) is 3.03. The summed E-state index contributed by atoms with van der Waals surface area (Å²) in [7, 11) is 0. The first kappa shape index (κ1) is 15.5. The fourth-order valence-electron chi connectivity index (χ4n) is 2.68. The van der Waals surface area contributed by atoms with Crippen LogP contribution in [0.15, 0.2) is 12.1 Å². The van der Waals surface area contributed by atoms with Crippen LogP contribution in [0.25, 0.3) is 10.2 Å². The van der Waals surface area contributed by atoms with Crippen molar-refractivity contribution in [3.8, 4) is 11.5 Å². The SMILES string of the molecule is NC[C@H]1CC[C@@H](C(=O)Nc2nc3cc4c(cc3s2)OC(F)(F)O4)O1. The van der Waals surface area contributed by atoms with Crippen LogP contribution in [0.3, 0.4) is 0 Å². The number of halogens is 2. The minimum Gasteiger partial charge on any atom is -0.395 e. The second kappa shape index (κ2) is 5.50. The average Bonchev–Trinajstić information content (AvgIpc) is 3.18.